The fourth-order valence-corrected chi connectivity index (χ4v) is 5.51. The van der Waals surface area contributed by atoms with E-state index in [1.165, 1.54) is 24.3 Å². The van der Waals surface area contributed by atoms with E-state index < -0.39 is 0 Å². The number of piperazine rings is 1. The van der Waals surface area contributed by atoms with Crippen LogP contribution < -0.4 is 5.32 Å². The summed E-state index contributed by atoms with van der Waals surface area (Å²) in [5.74, 6) is 1.79. The van der Waals surface area contributed by atoms with Gasteiger partial charge in [0.25, 0.3) is 5.91 Å². The van der Waals surface area contributed by atoms with E-state index in [0.717, 1.165) is 71.2 Å². The number of likely N-dealkylation sites (tertiary alicyclic amines) is 1. The summed E-state index contributed by atoms with van der Waals surface area (Å²) < 4.78 is 5.57. The number of nitrogens with one attached hydrogen (secondary N) is 1. The van der Waals surface area contributed by atoms with Gasteiger partial charge in [0.05, 0.1) is 0 Å². The van der Waals surface area contributed by atoms with Crippen molar-refractivity contribution in [2.45, 2.75) is 38.3 Å². The minimum atomic E-state index is -0.211. The molecular weight excluding hydrogens is 398 g/mol. The molecule has 4 heterocycles. The fourth-order valence-electron chi connectivity index (χ4n) is 4.77. The van der Waals surface area contributed by atoms with Gasteiger partial charge in [-0.3, -0.25) is 14.7 Å². The van der Waals surface area contributed by atoms with Gasteiger partial charge in [0.2, 0.25) is 0 Å². The summed E-state index contributed by atoms with van der Waals surface area (Å²) >= 11 is 1.85. The van der Waals surface area contributed by atoms with Crippen molar-refractivity contribution in [1.82, 2.24) is 20.0 Å². The van der Waals surface area contributed by atoms with Crippen LogP contribution in [0.1, 0.15) is 30.6 Å². The number of aliphatic imine (C=N–C) groups is 1. The topological polar surface area (TPSA) is 60.4 Å². The monoisotopic (exact) mass is 433 g/mol. The lowest BCUT2D eigenvalue weighted by Crippen LogP contribution is -2.56. The average molecular weight is 434 g/mol. The third kappa shape index (κ3) is 5.53. The Morgan fingerprint density at radius 1 is 1.20 bits per heavy atom. The lowest BCUT2D eigenvalue weighted by molar-refractivity contribution is -0.142. The highest BCUT2D eigenvalue weighted by molar-refractivity contribution is 7.09. The summed E-state index contributed by atoms with van der Waals surface area (Å²) in [5, 5.41) is 5.77. The Balaban J connectivity index is 1.21. The molecule has 0 aliphatic carbocycles. The number of carbonyl (C=O) groups excluding carboxylic acids is 1. The standard InChI is InChI=1S/C22H35N5O2S/c1-23-22(27-11-9-26(10-12-27)21(28)20-7-3-13-29-20)24-15-18-5-2-8-25(16-18)17-19-6-4-14-30-19/h4,6,14,18,20H,2-3,5,7-13,15-17H2,1H3,(H,23,24). The second kappa shape index (κ2) is 10.6. The maximum atomic E-state index is 12.6. The zero-order valence-electron chi connectivity index (χ0n) is 18.1. The summed E-state index contributed by atoms with van der Waals surface area (Å²) in [6, 6.07) is 4.37. The fraction of sp³-hybridized carbons (Fsp3) is 0.727. The normalized spacial score (nSPS) is 26.2. The van der Waals surface area contributed by atoms with Gasteiger partial charge < -0.3 is 19.9 Å². The molecule has 0 spiro atoms. The van der Waals surface area contributed by atoms with Crippen molar-refractivity contribution in [3.05, 3.63) is 22.4 Å². The van der Waals surface area contributed by atoms with E-state index in [9.17, 15) is 4.79 Å². The van der Waals surface area contributed by atoms with Gasteiger partial charge in [-0.25, -0.2) is 0 Å². The van der Waals surface area contributed by atoms with Crippen LogP contribution >= 0.6 is 11.3 Å². The highest BCUT2D eigenvalue weighted by atomic mass is 32.1. The molecule has 2 unspecified atom stereocenters. The van der Waals surface area contributed by atoms with Gasteiger partial charge in [0, 0.05) is 64.3 Å². The van der Waals surface area contributed by atoms with Crippen molar-refractivity contribution in [2.24, 2.45) is 10.9 Å². The number of amides is 1. The molecule has 4 rings (SSSR count). The van der Waals surface area contributed by atoms with Crippen LogP contribution in [-0.4, -0.2) is 92.1 Å². The maximum Gasteiger partial charge on any atom is 0.251 e. The summed E-state index contributed by atoms with van der Waals surface area (Å²) in [6.07, 6.45) is 4.19. The Morgan fingerprint density at radius 3 is 2.73 bits per heavy atom. The molecular formula is C22H35N5O2S. The molecule has 1 aromatic rings. The Morgan fingerprint density at radius 2 is 2.03 bits per heavy atom. The number of guanidine groups is 1. The molecule has 2 atom stereocenters. The lowest BCUT2D eigenvalue weighted by atomic mass is 9.98. The van der Waals surface area contributed by atoms with Crippen LogP contribution in [0.5, 0.6) is 0 Å². The van der Waals surface area contributed by atoms with E-state index in [-0.39, 0.29) is 12.0 Å². The molecule has 7 nitrogen and oxygen atoms in total. The zero-order valence-corrected chi connectivity index (χ0v) is 18.9. The highest BCUT2D eigenvalue weighted by Crippen LogP contribution is 2.20. The quantitative estimate of drug-likeness (QED) is 0.567. The SMILES string of the molecule is CN=C(NCC1CCCN(Cc2cccs2)C1)N1CCN(C(=O)C2CCCO2)CC1. The molecule has 0 radical (unpaired) electrons. The van der Waals surface area contributed by atoms with Gasteiger partial charge >= 0.3 is 0 Å². The van der Waals surface area contributed by atoms with E-state index in [0.29, 0.717) is 5.92 Å². The molecule has 3 aliphatic heterocycles. The molecule has 30 heavy (non-hydrogen) atoms. The van der Waals surface area contributed by atoms with Crippen molar-refractivity contribution in [2.75, 3.05) is 59.5 Å². The van der Waals surface area contributed by atoms with Crippen molar-refractivity contribution in [1.29, 1.82) is 0 Å². The van der Waals surface area contributed by atoms with Crippen LogP contribution in [-0.2, 0) is 16.1 Å². The lowest BCUT2D eigenvalue weighted by Gasteiger charge is -2.38. The van der Waals surface area contributed by atoms with Crippen LogP contribution in [0.4, 0.5) is 0 Å². The Hall–Kier alpha value is -1.64. The smallest absolute Gasteiger partial charge is 0.251 e. The molecule has 1 aromatic heterocycles. The van der Waals surface area contributed by atoms with E-state index >= 15 is 0 Å². The number of hydrogen-bond acceptors (Lipinski definition) is 5. The van der Waals surface area contributed by atoms with Crippen molar-refractivity contribution >= 4 is 23.2 Å². The first-order valence-corrected chi connectivity index (χ1v) is 12.2. The Kier molecular flexibility index (Phi) is 7.62. The molecule has 166 valence electrons. The summed E-state index contributed by atoms with van der Waals surface area (Å²) in [6.45, 7) is 8.25. The number of hydrogen-bond donors (Lipinski definition) is 1. The minimum Gasteiger partial charge on any atom is -0.368 e. The molecule has 0 aromatic carbocycles. The van der Waals surface area contributed by atoms with Crippen LogP contribution in [0.2, 0.25) is 0 Å². The Bertz CT molecular complexity index is 696. The zero-order chi connectivity index (χ0) is 20.8. The molecule has 0 saturated carbocycles. The van der Waals surface area contributed by atoms with E-state index in [1.54, 1.807) is 0 Å². The molecule has 3 aliphatic rings. The summed E-state index contributed by atoms with van der Waals surface area (Å²) in [4.78, 5) is 25.4. The maximum absolute atomic E-state index is 12.6. The van der Waals surface area contributed by atoms with Gasteiger partial charge in [-0.05, 0) is 49.6 Å². The largest absolute Gasteiger partial charge is 0.368 e. The summed E-state index contributed by atoms with van der Waals surface area (Å²) in [7, 11) is 1.86. The van der Waals surface area contributed by atoms with E-state index in [1.807, 2.05) is 23.3 Å². The van der Waals surface area contributed by atoms with Crippen molar-refractivity contribution in [3.63, 3.8) is 0 Å². The second-order valence-corrected chi connectivity index (χ2v) is 9.60. The van der Waals surface area contributed by atoms with Crippen molar-refractivity contribution < 1.29 is 9.53 Å². The number of carbonyl (C=O) groups is 1. The average Bonchev–Trinajstić information content (AvgIpc) is 3.49. The molecule has 3 saturated heterocycles. The minimum absolute atomic E-state index is 0.170. The molecule has 3 fully saturated rings. The number of ether oxygens (including phenoxy) is 1. The van der Waals surface area contributed by atoms with Gasteiger partial charge in [-0.15, -0.1) is 11.3 Å². The number of rotatable bonds is 5. The first-order chi connectivity index (χ1) is 14.7. The molecule has 1 N–H and O–H groups in total. The number of nitrogens with zero attached hydrogens (tertiary/aromatic N) is 4. The van der Waals surface area contributed by atoms with Crippen LogP contribution in [0.15, 0.2) is 22.5 Å². The first kappa shape index (κ1) is 21.6. The second-order valence-electron chi connectivity index (χ2n) is 8.56. The van der Waals surface area contributed by atoms with Gasteiger partial charge in [-0.1, -0.05) is 6.07 Å². The van der Waals surface area contributed by atoms with Crippen LogP contribution in [0, 0.1) is 5.92 Å². The van der Waals surface area contributed by atoms with E-state index in [2.05, 4.69) is 37.6 Å². The summed E-state index contributed by atoms with van der Waals surface area (Å²) in [5.41, 5.74) is 0. The van der Waals surface area contributed by atoms with Gasteiger partial charge in [0.15, 0.2) is 5.96 Å². The van der Waals surface area contributed by atoms with Gasteiger partial charge in [0.1, 0.15) is 6.10 Å². The third-order valence-electron chi connectivity index (χ3n) is 6.42. The third-order valence-corrected chi connectivity index (χ3v) is 7.28. The van der Waals surface area contributed by atoms with Gasteiger partial charge in [-0.2, -0.15) is 0 Å². The van der Waals surface area contributed by atoms with Crippen LogP contribution in [0.3, 0.4) is 0 Å². The van der Waals surface area contributed by atoms with E-state index in [4.69, 9.17) is 4.74 Å². The predicted molar refractivity (Wildman–Crippen MR) is 121 cm³/mol. The molecule has 8 heteroatoms. The highest BCUT2D eigenvalue weighted by Gasteiger charge is 2.31. The predicted octanol–water partition coefficient (Wildman–Crippen LogP) is 1.86. The molecule has 1 amide bonds. The number of thiophene rings is 1. The van der Waals surface area contributed by atoms with Crippen molar-refractivity contribution in [3.8, 4) is 0 Å². The van der Waals surface area contributed by atoms with Crippen LogP contribution in [0.25, 0.3) is 0 Å². The molecule has 0 bridgehead atoms. The first-order valence-electron chi connectivity index (χ1n) is 11.3. The Labute approximate surface area is 184 Å². The number of piperidine rings is 1.